The van der Waals surface area contributed by atoms with Gasteiger partial charge < -0.3 is 5.11 Å². The van der Waals surface area contributed by atoms with Crippen LogP contribution in [0.3, 0.4) is 0 Å². The first-order valence-electron chi connectivity index (χ1n) is 6.13. The van der Waals surface area contributed by atoms with Gasteiger partial charge in [0.1, 0.15) is 5.76 Å². The summed E-state index contributed by atoms with van der Waals surface area (Å²) >= 11 is 0. The number of aliphatic hydroxyl groups is 1. The van der Waals surface area contributed by atoms with Crippen LogP contribution >= 0.6 is 0 Å². The smallest absolute Gasteiger partial charge is 0.159 e. The first-order valence-corrected chi connectivity index (χ1v) is 6.13. The van der Waals surface area contributed by atoms with E-state index in [4.69, 9.17) is 0 Å². The van der Waals surface area contributed by atoms with Gasteiger partial charge in [0.15, 0.2) is 5.78 Å². The summed E-state index contributed by atoms with van der Waals surface area (Å²) in [5.74, 6) is 0.458. The number of aryl methyl sites for hydroxylation is 1. The highest BCUT2D eigenvalue weighted by molar-refractivity contribution is 5.92. The fraction of sp³-hybridized carbons (Fsp3) is 0.400. The van der Waals surface area contributed by atoms with Crippen LogP contribution in [-0.4, -0.2) is 10.9 Å². The second-order valence-corrected chi connectivity index (χ2v) is 5.37. The number of allylic oxidation sites excluding steroid dienone is 2. The average Bonchev–Trinajstić information content (AvgIpc) is 2.32. The van der Waals surface area contributed by atoms with E-state index in [1.165, 1.54) is 17.2 Å². The van der Waals surface area contributed by atoms with Crippen LogP contribution in [0.2, 0.25) is 0 Å². The maximum absolute atomic E-state index is 11.6. The van der Waals surface area contributed by atoms with Crippen LogP contribution in [0.1, 0.15) is 36.8 Å². The van der Waals surface area contributed by atoms with E-state index < -0.39 is 0 Å². The maximum atomic E-state index is 11.6. The van der Waals surface area contributed by atoms with Crippen molar-refractivity contribution in [1.29, 1.82) is 0 Å². The fourth-order valence-electron chi connectivity index (χ4n) is 3.23. The van der Waals surface area contributed by atoms with Crippen molar-refractivity contribution in [3.05, 3.63) is 47.2 Å². The zero-order chi connectivity index (χ0) is 12.0. The summed E-state index contributed by atoms with van der Waals surface area (Å²) in [7, 11) is 0. The SMILES string of the molecule is CC12CCc3ccccc3C1CC(=O)C=C2O. The van der Waals surface area contributed by atoms with E-state index in [1.54, 1.807) is 0 Å². The van der Waals surface area contributed by atoms with E-state index in [-0.39, 0.29) is 22.9 Å². The van der Waals surface area contributed by atoms with Gasteiger partial charge in [0.2, 0.25) is 0 Å². The summed E-state index contributed by atoms with van der Waals surface area (Å²) in [6.45, 7) is 2.08. The lowest BCUT2D eigenvalue weighted by molar-refractivity contribution is -0.117. The molecule has 2 atom stereocenters. The highest BCUT2D eigenvalue weighted by Crippen LogP contribution is 2.52. The molecule has 2 aliphatic carbocycles. The van der Waals surface area contributed by atoms with Crippen LogP contribution in [0, 0.1) is 5.41 Å². The molecule has 1 aromatic rings. The van der Waals surface area contributed by atoms with Crippen molar-refractivity contribution < 1.29 is 9.90 Å². The predicted octanol–water partition coefficient (Wildman–Crippen LogP) is 3.14. The first-order chi connectivity index (χ1) is 8.11. The van der Waals surface area contributed by atoms with Gasteiger partial charge in [-0.1, -0.05) is 31.2 Å². The van der Waals surface area contributed by atoms with E-state index >= 15 is 0 Å². The van der Waals surface area contributed by atoms with Crippen LogP contribution in [-0.2, 0) is 11.2 Å². The van der Waals surface area contributed by atoms with Gasteiger partial charge >= 0.3 is 0 Å². The summed E-state index contributed by atoms with van der Waals surface area (Å²) in [5.41, 5.74) is 2.33. The van der Waals surface area contributed by atoms with Gasteiger partial charge in [0.25, 0.3) is 0 Å². The van der Waals surface area contributed by atoms with Crippen LogP contribution in [0.15, 0.2) is 36.1 Å². The van der Waals surface area contributed by atoms with Crippen molar-refractivity contribution in [2.45, 2.75) is 32.1 Å². The Kier molecular flexibility index (Phi) is 2.15. The molecule has 2 nitrogen and oxygen atoms in total. The zero-order valence-corrected chi connectivity index (χ0v) is 9.94. The first kappa shape index (κ1) is 10.6. The van der Waals surface area contributed by atoms with E-state index in [2.05, 4.69) is 19.1 Å². The minimum atomic E-state index is -0.248. The van der Waals surface area contributed by atoms with Crippen LogP contribution in [0.5, 0.6) is 0 Å². The van der Waals surface area contributed by atoms with Gasteiger partial charge in [-0.25, -0.2) is 0 Å². The van der Waals surface area contributed by atoms with Crippen molar-refractivity contribution >= 4 is 5.78 Å². The van der Waals surface area contributed by atoms with E-state index in [1.807, 2.05) is 12.1 Å². The number of ketones is 1. The largest absolute Gasteiger partial charge is 0.512 e. The van der Waals surface area contributed by atoms with Crippen LogP contribution in [0.25, 0.3) is 0 Å². The van der Waals surface area contributed by atoms with Crippen LogP contribution in [0.4, 0.5) is 0 Å². The minimum absolute atomic E-state index is 0.0432. The zero-order valence-electron chi connectivity index (χ0n) is 9.94. The van der Waals surface area contributed by atoms with Gasteiger partial charge in [-0.3, -0.25) is 4.79 Å². The fourth-order valence-corrected chi connectivity index (χ4v) is 3.23. The molecule has 3 rings (SSSR count). The molecule has 0 saturated carbocycles. The van der Waals surface area contributed by atoms with Gasteiger partial charge in [-0.2, -0.15) is 0 Å². The summed E-state index contributed by atoms with van der Waals surface area (Å²) in [5, 5.41) is 10.1. The molecule has 0 fully saturated rings. The van der Waals surface area contributed by atoms with Crippen molar-refractivity contribution in [3.63, 3.8) is 0 Å². The van der Waals surface area contributed by atoms with E-state index in [0.29, 0.717) is 6.42 Å². The number of hydrogen-bond donors (Lipinski definition) is 1. The van der Waals surface area contributed by atoms with Crippen molar-refractivity contribution in [2.75, 3.05) is 0 Å². The van der Waals surface area contributed by atoms with Crippen molar-refractivity contribution in [3.8, 4) is 0 Å². The molecular weight excluding hydrogens is 212 g/mol. The van der Waals surface area contributed by atoms with E-state index in [9.17, 15) is 9.90 Å². The Balaban J connectivity index is 2.15. The molecule has 2 aliphatic rings. The Bertz CT molecular complexity index is 515. The molecule has 0 radical (unpaired) electrons. The molecule has 1 aromatic carbocycles. The molecule has 17 heavy (non-hydrogen) atoms. The number of benzene rings is 1. The summed E-state index contributed by atoms with van der Waals surface area (Å²) < 4.78 is 0. The lowest BCUT2D eigenvalue weighted by atomic mass is 9.60. The second kappa shape index (κ2) is 3.46. The number of aliphatic hydroxyl groups excluding tert-OH is 1. The number of carbonyl (C=O) groups is 1. The van der Waals surface area contributed by atoms with Crippen molar-refractivity contribution in [1.82, 2.24) is 0 Å². The van der Waals surface area contributed by atoms with Gasteiger partial charge in [0, 0.05) is 23.8 Å². The minimum Gasteiger partial charge on any atom is -0.512 e. The highest BCUT2D eigenvalue weighted by atomic mass is 16.3. The lowest BCUT2D eigenvalue weighted by Crippen LogP contribution is -2.37. The Morgan fingerprint density at radius 3 is 2.94 bits per heavy atom. The molecule has 88 valence electrons. The standard InChI is InChI=1S/C15H16O2/c1-15-7-6-10-4-2-3-5-12(10)13(15)8-11(16)9-14(15)17/h2-5,9,13,17H,6-8H2,1H3. The Morgan fingerprint density at radius 2 is 2.12 bits per heavy atom. The predicted molar refractivity (Wildman–Crippen MR) is 65.9 cm³/mol. The lowest BCUT2D eigenvalue weighted by Gasteiger charge is -2.44. The number of hydrogen-bond acceptors (Lipinski definition) is 2. The molecule has 1 N–H and O–H groups in total. The quantitative estimate of drug-likeness (QED) is 0.740. The average molecular weight is 228 g/mol. The van der Waals surface area contributed by atoms with Crippen molar-refractivity contribution in [2.24, 2.45) is 5.41 Å². The molecule has 0 aliphatic heterocycles. The Labute approximate surface area is 101 Å². The third-order valence-electron chi connectivity index (χ3n) is 4.40. The topological polar surface area (TPSA) is 37.3 Å². The molecule has 2 unspecified atom stereocenters. The molecule has 0 saturated heterocycles. The van der Waals surface area contributed by atoms with Gasteiger partial charge in [-0.15, -0.1) is 0 Å². The van der Waals surface area contributed by atoms with E-state index in [0.717, 1.165) is 12.8 Å². The number of carbonyl (C=O) groups excluding carboxylic acids is 1. The highest BCUT2D eigenvalue weighted by Gasteiger charge is 2.45. The molecule has 0 amide bonds. The maximum Gasteiger partial charge on any atom is 0.159 e. The van der Waals surface area contributed by atoms with Gasteiger partial charge in [0.05, 0.1) is 0 Å². The summed E-state index contributed by atoms with van der Waals surface area (Å²) in [6.07, 6.45) is 3.85. The summed E-state index contributed by atoms with van der Waals surface area (Å²) in [6, 6.07) is 8.30. The third-order valence-corrected chi connectivity index (χ3v) is 4.40. The van der Waals surface area contributed by atoms with Crippen LogP contribution < -0.4 is 0 Å². The Morgan fingerprint density at radius 1 is 1.35 bits per heavy atom. The molecule has 0 spiro atoms. The summed E-state index contributed by atoms with van der Waals surface area (Å²) in [4.78, 5) is 11.6. The monoisotopic (exact) mass is 228 g/mol. The normalized spacial score (nSPS) is 31.5. The number of rotatable bonds is 0. The molecule has 0 bridgehead atoms. The number of fused-ring (bicyclic) bond motifs is 3. The Hall–Kier alpha value is -1.57. The molecule has 0 heterocycles. The third kappa shape index (κ3) is 1.43. The molecule has 0 aromatic heterocycles. The van der Waals surface area contributed by atoms with Gasteiger partial charge in [-0.05, 0) is 24.0 Å². The second-order valence-electron chi connectivity index (χ2n) is 5.37. The molecule has 2 heteroatoms. The molecular formula is C15H16O2.